The van der Waals surface area contributed by atoms with Crippen molar-refractivity contribution in [3.8, 4) is 0 Å². The van der Waals surface area contributed by atoms with E-state index in [9.17, 15) is 9.59 Å². The van der Waals surface area contributed by atoms with Crippen molar-refractivity contribution in [2.45, 2.75) is 19.9 Å². The minimum Gasteiger partial charge on any atom is -0.461 e. The highest BCUT2D eigenvalue weighted by Crippen LogP contribution is 2.25. The molecule has 0 radical (unpaired) electrons. The molecule has 0 atom stereocenters. The van der Waals surface area contributed by atoms with Crippen LogP contribution in [-0.2, 0) is 24.8 Å². The molecule has 0 saturated heterocycles. The molecule has 0 saturated carbocycles. The van der Waals surface area contributed by atoms with Crippen LogP contribution >= 0.6 is 11.6 Å². The first-order valence-electron chi connectivity index (χ1n) is 7.78. The Kier molecular flexibility index (Phi) is 4.57. The molecule has 1 aliphatic heterocycles. The maximum atomic E-state index is 12.7. The van der Waals surface area contributed by atoms with Gasteiger partial charge < -0.3 is 9.64 Å². The molecule has 1 amide bonds. The standard InChI is InChI=1S/C17H18ClN3O3/c1-3-24-17(23)15-12-10-21(9-8-14(12)20(2)19-15)16(22)11-6-4-5-7-13(11)18/h4-7H,3,8-10H2,1-2H3. The van der Waals surface area contributed by atoms with Crippen molar-refractivity contribution in [3.05, 3.63) is 51.8 Å². The quantitative estimate of drug-likeness (QED) is 0.800. The Labute approximate surface area is 145 Å². The Morgan fingerprint density at radius 3 is 2.79 bits per heavy atom. The zero-order valence-corrected chi connectivity index (χ0v) is 14.3. The maximum Gasteiger partial charge on any atom is 0.359 e. The van der Waals surface area contributed by atoms with Crippen molar-refractivity contribution in [1.29, 1.82) is 0 Å². The van der Waals surface area contributed by atoms with Crippen LogP contribution in [0.5, 0.6) is 0 Å². The van der Waals surface area contributed by atoms with Crippen LogP contribution in [0.2, 0.25) is 5.02 Å². The number of esters is 1. The van der Waals surface area contributed by atoms with Crippen molar-refractivity contribution in [2.24, 2.45) is 7.05 Å². The predicted molar refractivity (Wildman–Crippen MR) is 89.1 cm³/mol. The van der Waals surface area contributed by atoms with Crippen LogP contribution < -0.4 is 0 Å². The van der Waals surface area contributed by atoms with Gasteiger partial charge in [0.2, 0.25) is 0 Å². The maximum absolute atomic E-state index is 12.7. The van der Waals surface area contributed by atoms with Gasteiger partial charge in [-0.3, -0.25) is 9.48 Å². The number of benzene rings is 1. The van der Waals surface area contributed by atoms with Crippen molar-refractivity contribution >= 4 is 23.5 Å². The highest BCUT2D eigenvalue weighted by molar-refractivity contribution is 6.33. The number of aromatic nitrogens is 2. The van der Waals surface area contributed by atoms with Crippen molar-refractivity contribution < 1.29 is 14.3 Å². The number of fused-ring (bicyclic) bond motifs is 1. The van der Waals surface area contributed by atoms with Gasteiger partial charge in [-0.05, 0) is 19.1 Å². The molecule has 1 aromatic heterocycles. The van der Waals surface area contributed by atoms with E-state index in [2.05, 4.69) is 5.10 Å². The summed E-state index contributed by atoms with van der Waals surface area (Å²) in [6.45, 7) is 2.91. The van der Waals surface area contributed by atoms with Gasteiger partial charge in [0.25, 0.3) is 5.91 Å². The first-order chi connectivity index (χ1) is 11.5. The first-order valence-corrected chi connectivity index (χ1v) is 8.16. The Morgan fingerprint density at radius 1 is 1.33 bits per heavy atom. The summed E-state index contributed by atoms with van der Waals surface area (Å²) < 4.78 is 6.76. The van der Waals surface area contributed by atoms with Crippen LogP contribution in [0.25, 0.3) is 0 Å². The normalized spacial score (nSPS) is 13.5. The number of aryl methyl sites for hydroxylation is 1. The Bertz CT molecular complexity index is 800. The van der Waals surface area contributed by atoms with Gasteiger partial charge >= 0.3 is 5.97 Å². The molecule has 1 aliphatic rings. The molecule has 6 nitrogen and oxygen atoms in total. The van der Waals surface area contributed by atoms with E-state index < -0.39 is 5.97 Å². The molecule has 2 heterocycles. The monoisotopic (exact) mass is 347 g/mol. The SMILES string of the molecule is CCOC(=O)c1nn(C)c2c1CN(C(=O)c1ccccc1Cl)CC2. The van der Waals surface area contributed by atoms with Gasteiger partial charge in [0.1, 0.15) is 0 Å². The van der Waals surface area contributed by atoms with E-state index in [4.69, 9.17) is 16.3 Å². The number of carbonyl (C=O) groups is 2. The van der Waals surface area contributed by atoms with Gasteiger partial charge in [-0.1, -0.05) is 23.7 Å². The zero-order valence-electron chi connectivity index (χ0n) is 13.6. The fourth-order valence-corrected chi connectivity index (χ4v) is 3.15. The molecule has 0 spiro atoms. The van der Waals surface area contributed by atoms with Crippen LogP contribution in [0.4, 0.5) is 0 Å². The lowest BCUT2D eigenvalue weighted by Crippen LogP contribution is -2.36. The molecule has 3 rings (SSSR count). The van der Waals surface area contributed by atoms with Gasteiger partial charge in [-0.15, -0.1) is 0 Å². The molecule has 0 fully saturated rings. The third kappa shape index (κ3) is 2.89. The minimum atomic E-state index is -0.457. The fourth-order valence-electron chi connectivity index (χ4n) is 2.93. The smallest absolute Gasteiger partial charge is 0.359 e. The molecular formula is C17H18ClN3O3. The van der Waals surface area contributed by atoms with E-state index in [0.717, 1.165) is 11.3 Å². The lowest BCUT2D eigenvalue weighted by molar-refractivity contribution is 0.0513. The third-order valence-corrected chi connectivity index (χ3v) is 4.43. The van der Waals surface area contributed by atoms with E-state index in [1.807, 2.05) is 0 Å². The number of hydrogen-bond acceptors (Lipinski definition) is 4. The summed E-state index contributed by atoms with van der Waals surface area (Å²) in [5, 5.41) is 4.69. The average Bonchev–Trinajstić information content (AvgIpc) is 2.91. The number of carbonyl (C=O) groups excluding carboxylic acids is 2. The molecule has 126 valence electrons. The van der Waals surface area contributed by atoms with E-state index in [1.165, 1.54) is 0 Å². The lowest BCUT2D eigenvalue weighted by Gasteiger charge is -2.28. The molecule has 0 N–H and O–H groups in total. The molecule has 24 heavy (non-hydrogen) atoms. The van der Waals surface area contributed by atoms with Crippen molar-refractivity contribution in [1.82, 2.24) is 14.7 Å². The Morgan fingerprint density at radius 2 is 2.08 bits per heavy atom. The van der Waals surface area contributed by atoms with Crippen LogP contribution in [0.3, 0.4) is 0 Å². The van der Waals surface area contributed by atoms with Gasteiger partial charge in [0.05, 0.1) is 23.7 Å². The average molecular weight is 348 g/mol. The second kappa shape index (κ2) is 6.65. The molecule has 1 aromatic carbocycles. The van der Waals surface area contributed by atoms with Gasteiger partial charge in [-0.2, -0.15) is 5.10 Å². The summed E-state index contributed by atoms with van der Waals surface area (Å²) in [6, 6.07) is 6.96. The van der Waals surface area contributed by atoms with Gasteiger partial charge in [0, 0.05) is 31.3 Å². The second-order valence-electron chi connectivity index (χ2n) is 5.57. The molecule has 0 bridgehead atoms. The minimum absolute atomic E-state index is 0.148. The van der Waals surface area contributed by atoms with Crippen LogP contribution in [0, 0.1) is 0 Å². The van der Waals surface area contributed by atoms with E-state index in [-0.39, 0.29) is 18.2 Å². The summed E-state index contributed by atoms with van der Waals surface area (Å²) in [6.07, 6.45) is 0.633. The van der Waals surface area contributed by atoms with E-state index in [0.29, 0.717) is 30.1 Å². The first kappa shape index (κ1) is 16.5. The topological polar surface area (TPSA) is 64.4 Å². The van der Waals surface area contributed by atoms with Crippen LogP contribution in [0.15, 0.2) is 24.3 Å². The van der Waals surface area contributed by atoms with E-state index in [1.54, 1.807) is 47.8 Å². The van der Waals surface area contributed by atoms with Gasteiger partial charge in [0.15, 0.2) is 5.69 Å². The number of amides is 1. The van der Waals surface area contributed by atoms with Crippen LogP contribution in [-0.4, -0.2) is 39.7 Å². The summed E-state index contributed by atoms with van der Waals surface area (Å²) >= 11 is 6.13. The van der Waals surface area contributed by atoms with Crippen molar-refractivity contribution in [2.75, 3.05) is 13.2 Å². The molecule has 7 heteroatoms. The van der Waals surface area contributed by atoms with Gasteiger partial charge in [-0.25, -0.2) is 4.79 Å². The summed E-state index contributed by atoms with van der Waals surface area (Å²) in [5.74, 6) is -0.605. The molecule has 0 unspecified atom stereocenters. The predicted octanol–water partition coefficient (Wildman–Crippen LogP) is 2.45. The Balaban J connectivity index is 1.90. The Hall–Kier alpha value is -2.34. The molecular weight excluding hydrogens is 330 g/mol. The molecule has 0 aliphatic carbocycles. The van der Waals surface area contributed by atoms with Crippen molar-refractivity contribution in [3.63, 3.8) is 0 Å². The summed E-state index contributed by atoms with van der Waals surface area (Å²) in [7, 11) is 1.80. The zero-order chi connectivity index (χ0) is 17.3. The third-order valence-electron chi connectivity index (χ3n) is 4.10. The number of rotatable bonds is 3. The number of ether oxygens (including phenoxy) is 1. The number of halogens is 1. The molecule has 2 aromatic rings. The van der Waals surface area contributed by atoms with E-state index >= 15 is 0 Å². The fraction of sp³-hybridized carbons (Fsp3) is 0.353. The number of nitrogens with zero attached hydrogens (tertiary/aromatic N) is 3. The van der Waals surface area contributed by atoms with Crippen LogP contribution in [0.1, 0.15) is 39.0 Å². The second-order valence-corrected chi connectivity index (χ2v) is 5.98. The largest absolute Gasteiger partial charge is 0.461 e. The lowest BCUT2D eigenvalue weighted by atomic mass is 10.0. The highest BCUT2D eigenvalue weighted by atomic mass is 35.5. The summed E-state index contributed by atoms with van der Waals surface area (Å²) in [4.78, 5) is 26.5. The highest BCUT2D eigenvalue weighted by Gasteiger charge is 2.30. The summed E-state index contributed by atoms with van der Waals surface area (Å²) in [5.41, 5.74) is 2.46. The number of hydrogen-bond donors (Lipinski definition) is 0.